The summed E-state index contributed by atoms with van der Waals surface area (Å²) in [5.74, 6) is 0. The van der Waals surface area contributed by atoms with Crippen molar-refractivity contribution >= 4 is 49.8 Å². The minimum absolute atomic E-state index is 0.0418. The van der Waals surface area contributed by atoms with Gasteiger partial charge in [-0.05, 0) is 23.9 Å². The van der Waals surface area contributed by atoms with Gasteiger partial charge in [0, 0.05) is 17.1 Å². The average Bonchev–Trinajstić information content (AvgIpc) is 2.86. The second kappa shape index (κ2) is 6.82. The lowest BCUT2D eigenvalue weighted by atomic mass is 10.3. The average molecular weight is 373 g/mol. The molecule has 0 bridgehead atoms. The van der Waals surface area contributed by atoms with Crippen molar-refractivity contribution < 1.29 is 4.92 Å². The third kappa shape index (κ3) is 3.78. The van der Waals surface area contributed by atoms with Crippen LogP contribution in [0.3, 0.4) is 0 Å². The molecule has 0 aliphatic rings. The molecule has 1 aromatic heterocycles. The number of benzene rings is 1. The maximum Gasteiger partial charge on any atom is 0.284 e. The van der Waals surface area contributed by atoms with Gasteiger partial charge in [-0.2, -0.15) is 0 Å². The van der Waals surface area contributed by atoms with E-state index in [2.05, 4.69) is 38.0 Å². The number of anilines is 1. The Morgan fingerprint density at radius 1 is 1.55 bits per heavy atom. The molecule has 0 fully saturated rings. The lowest BCUT2D eigenvalue weighted by Crippen LogP contribution is -1.96. The molecule has 104 valence electrons. The Morgan fingerprint density at radius 2 is 2.35 bits per heavy atom. The summed E-state index contributed by atoms with van der Waals surface area (Å²) in [5, 5.41) is 22.6. The molecule has 2 rings (SSSR count). The number of nitrogens with zero attached hydrogens (tertiary/aromatic N) is 3. The van der Waals surface area contributed by atoms with Crippen LogP contribution in [0.2, 0.25) is 0 Å². The summed E-state index contributed by atoms with van der Waals surface area (Å²) in [7, 11) is 0. The molecule has 0 radical (unpaired) electrons. The number of halogens is 1. The van der Waals surface area contributed by atoms with Gasteiger partial charge in [-0.1, -0.05) is 33.3 Å². The maximum atomic E-state index is 11.0. The first kappa shape index (κ1) is 14.9. The highest BCUT2D eigenvalue weighted by molar-refractivity contribution is 9.10. The summed E-state index contributed by atoms with van der Waals surface area (Å²) in [4.78, 5) is 11.1. The predicted octanol–water partition coefficient (Wildman–Crippen LogP) is 3.96. The van der Waals surface area contributed by atoms with Crippen LogP contribution in [-0.4, -0.2) is 21.7 Å². The SMILES string of the molecule is C=CCNc1nnc(Sc2ccc(Br)cc2[N+](=O)[O-])s1. The second-order valence-electron chi connectivity index (χ2n) is 3.51. The molecule has 0 spiro atoms. The first-order valence-corrected chi connectivity index (χ1v) is 7.83. The summed E-state index contributed by atoms with van der Waals surface area (Å²) in [5.41, 5.74) is 0.0418. The van der Waals surface area contributed by atoms with E-state index < -0.39 is 4.92 Å². The molecule has 1 aromatic carbocycles. The van der Waals surface area contributed by atoms with Gasteiger partial charge in [-0.15, -0.1) is 16.8 Å². The molecule has 6 nitrogen and oxygen atoms in total. The molecule has 1 heterocycles. The number of nitrogens with one attached hydrogen (secondary N) is 1. The zero-order chi connectivity index (χ0) is 14.5. The van der Waals surface area contributed by atoms with E-state index >= 15 is 0 Å². The molecular formula is C11H9BrN4O2S2. The van der Waals surface area contributed by atoms with Crippen LogP contribution in [0.5, 0.6) is 0 Å². The number of hydrogen-bond donors (Lipinski definition) is 1. The third-order valence-electron chi connectivity index (χ3n) is 2.12. The van der Waals surface area contributed by atoms with Crippen molar-refractivity contribution in [2.24, 2.45) is 0 Å². The number of aromatic nitrogens is 2. The number of nitro groups is 1. The number of rotatable bonds is 6. The second-order valence-corrected chi connectivity index (χ2v) is 6.70. The summed E-state index contributed by atoms with van der Waals surface area (Å²) >= 11 is 5.79. The predicted molar refractivity (Wildman–Crippen MR) is 83.5 cm³/mol. The van der Waals surface area contributed by atoms with Gasteiger partial charge in [-0.25, -0.2) is 0 Å². The lowest BCUT2D eigenvalue weighted by molar-refractivity contribution is -0.387. The van der Waals surface area contributed by atoms with Gasteiger partial charge in [-0.3, -0.25) is 10.1 Å². The molecule has 0 aliphatic heterocycles. The Balaban J connectivity index is 2.19. The van der Waals surface area contributed by atoms with Crippen LogP contribution in [0.1, 0.15) is 0 Å². The zero-order valence-corrected chi connectivity index (χ0v) is 13.3. The Morgan fingerprint density at radius 3 is 3.05 bits per heavy atom. The molecular weight excluding hydrogens is 364 g/mol. The maximum absolute atomic E-state index is 11.0. The molecule has 0 atom stereocenters. The first-order chi connectivity index (χ1) is 9.60. The molecule has 9 heteroatoms. The topological polar surface area (TPSA) is 81.0 Å². The van der Waals surface area contributed by atoms with E-state index in [9.17, 15) is 10.1 Å². The monoisotopic (exact) mass is 372 g/mol. The van der Waals surface area contributed by atoms with E-state index in [1.807, 2.05) is 0 Å². The zero-order valence-electron chi connectivity index (χ0n) is 10.1. The quantitative estimate of drug-likeness (QED) is 0.469. The molecule has 2 aromatic rings. The van der Waals surface area contributed by atoms with Gasteiger partial charge >= 0.3 is 0 Å². The van der Waals surface area contributed by atoms with Crippen LogP contribution < -0.4 is 5.32 Å². The fraction of sp³-hybridized carbons (Fsp3) is 0.0909. The summed E-state index contributed by atoms with van der Waals surface area (Å²) in [6, 6.07) is 4.92. The fourth-order valence-electron chi connectivity index (χ4n) is 1.30. The van der Waals surface area contributed by atoms with E-state index in [1.165, 1.54) is 29.2 Å². The minimum atomic E-state index is -0.412. The Kier molecular flexibility index (Phi) is 5.10. The molecule has 0 saturated heterocycles. The molecule has 0 unspecified atom stereocenters. The van der Waals surface area contributed by atoms with Crippen molar-refractivity contribution in [3.63, 3.8) is 0 Å². The van der Waals surface area contributed by atoms with Gasteiger partial charge in [0.25, 0.3) is 5.69 Å². The van der Waals surface area contributed by atoms with E-state index in [0.29, 0.717) is 25.4 Å². The Hall–Kier alpha value is -1.45. The van der Waals surface area contributed by atoms with Crippen molar-refractivity contribution in [1.29, 1.82) is 0 Å². The normalized spacial score (nSPS) is 10.2. The third-order valence-corrected chi connectivity index (χ3v) is 4.61. The lowest BCUT2D eigenvalue weighted by Gasteiger charge is -2.00. The first-order valence-electron chi connectivity index (χ1n) is 5.40. The Labute approximate surface area is 131 Å². The molecule has 20 heavy (non-hydrogen) atoms. The van der Waals surface area contributed by atoms with Crippen LogP contribution >= 0.6 is 39.0 Å². The standard InChI is InChI=1S/C11H9BrN4O2S2/c1-2-5-13-10-14-15-11(20-10)19-9-4-3-7(12)6-8(9)16(17)18/h2-4,6H,1,5H2,(H,13,14). The van der Waals surface area contributed by atoms with Gasteiger partial charge in [0.05, 0.1) is 9.82 Å². The van der Waals surface area contributed by atoms with Crippen LogP contribution in [0.25, 0.3) is 0 Å². The van der Waals surface area contributed by atoms with E-state index in [-0.39, 0.29) is 5.69 Å². The summed E-state index contributed by atoms with van der Waals surface area (Å²) in [6.07, 6.45) is 1.72. The molecule has 0 saturated carbocycles. The van der Waals surface area contributed by atoms with Crippen LogP contribution in [-0.2, 0) is 0 Å². The van der Waals surface area contributed by atoms with Crippen molar-refractivity contribution in [2.45, 2.75) is 9.24 Å². The highest BCUT2D eigenvalue weighted by Crippen LogP contribution is 2.38. The highest BCUT2D eigenvalue weighted by atomic mass is 79.9. The molecule has 1 N–H and O–H groups in total. The van der Waals surface area contributed by atoms with Gasteiger partial charge in [0.1, 0.15) is 0 Å². The molecule has 0 amide bonds. The van der Waals surface area contributed by atoms with Gasteiger partial charge in [0.2, 0.25) is 5.13 Å². The summed E-state index contributed by atoms with van der Waals surface area (Å²) < 4.78 is 1.31. The minimum Gasteiger partial charge on any atom is -0.357 e. The van der Waals surface area contributed by atoms with Crippen LogP contribution in [0, 0.1) is 10.1 Å². The van der Waals surface area contributed by atoms with Crippen LogP contribution in [0.15, 0.2) is 44.6 Å². The van der Waals surface area contributed by atoms with Crippen molar-refractivity contribution in [2.75, 3.05) is 11.9 Å². The number of hydrogen-bond acceptors (Lipinski definition) is 7. The van der Waals surface area contributed by atoms with E-state index in [1.54, 1.807) is 18.2 Å². The number of nitro benzene ring substituents is 1. The van der Waals surface area contributed by atoms with Gasteiger partial charge < -0.3 is 5.32 Å². The van der Waals surface area contributed by atoms with Gasteiger partial charge in [0.15, 0.2) is 4.34 Å². The molecule has 0 aliphatic carbocycles. The van der Waals surface area contributed by atoms with E-state index in [4.69, 9.17) is 0 Å². The van der Waals surface area contributed by atoms with Crippen LogP contribution in [0.4, 0.5) is 10.8 Å². The van der Waals surface area contributed by atoms with E-state index in [0.717, 1.165) is 0 Å². The van der Waals surface area contributed by atoms with Crippen molar-refractivity contribution in [3.8, 4) is 0 Å². The highest BCUT2D eigenvalue weighted by Gasteiger charge is 2.17. The fourth-order valence-corrected chi connectivity index (χ4v) is 3.45. The Bertz CT molecular complexity index is 647. The van der Waals surface area contributed by atoms with Crippen molar-refractivity contribution in [1.82, 2.24) is 10.2 Å². The van der Waals surface area contributed by atoms with Crippen molar-refractivity contribution in [3.05, 3.63) is 45.4 Å². The summed E-state index contributed by atoms with van der Waals surface area (Å²) in [6.45, 7) is 4.19. The largest absolute Gasteiger partial charge is 0.357 e. The smallest absolute Gasteiger partial charge is 0.284 e.